The SMILES string of the molecule is COC1CN(C(OC2CCC(C(=O)O)CC2)(C(=O)Cc2cc(Cl)c(NC(=O)c3csc4ccccc34)cc2Cl)N2CCCC2)C1. The lowest BCUT2D eigenvalue weighted by atomic mass is 9.87. The van der Waals surface area contributed by atoms with Crippen LogP contribution in [0.2, 0.25) is 10.0 Å². The Kier molecular flexibility index (Phi) is 9.82. The zero-order valence-corrected chi connectivity index (χ0v) is 27.4. The first-order chi connectivity index (χ1) is 21.7. The molecule has 3 fully saturated rings. The molecule has 240 valence electrons. The number of carbonyl (C=O) groups is 3. The van der Waals surface area contributed by atoms with E-state index in [1.54, 1.807) is 19.2 Å². The maximum Gasteiger partial charge on any atom is 0.306 e. The first-order valence-electron chi connectivity index (χ1n) is 15.4. The van der Waals surface area contributed by atoms with Crippen molar-refractivity contribution in [3.8, 4) is 0 Å². The Morgan fingerprint density at radius 3 is 2.40 bits per heavy atom. The van der Waals surface area contributed by atoms with Crippen LogP contribution in [0, 0.1) is 5.92 Å². The van der Waals surface area contributed by atoms with Gasteiger partial charge in [0.1, 0.15) is 0 Å². The molecular weight excluding hydrogens is 637 g/mol. The summed E-state index contributed by atoms with van der Waals surface area (Å²) in [5, 5.41) is 15.7. The maximum absolute atomic E-state index is 14.6. The van der Waals surface area contributed by atoms with Crippen LogP contribution in [-0.2, 0) is 25.5 Å². The summed E-state index contributed by atoms with van der Waals surface area (Å²) in [7, 11) is 1.67. The molecule has 6 rings (SSSR count). The Morgan fingerprint density at radius 2 is 1.71 bits per heavy atom. The molecule has 9 nitrogen and oxygen atoms in total. The Bertz CT molecular complexity index is 1580. The van der Waals surface area contributed by atoms with Gasteiger partial charge < -0.3 is 19.9 Å². The number of methoxy groups -OCH3 is 1. The molecule has 3 heterocycles. The number of carboxylic acids is 1. The first-order valence-corrected chi connectivity index (χ1v) is 17.1. The van der Waals surface area contributed by atoms with Gasteiger partial charge in [-0.05, 0) is 62.3 Å². The summed E-state index contributed by atoms with van der Waals surface area (Å²) >= 11 is 14.9. The van der Waals surface area contributed by atoms with E-state index in [-0.39, 0.29) is 41.3 Å². The van der Waals surface area contributed by atoms with E-state index in [1.807, 2.05) is 34.5 Å². The average Bonchev–Trinajstić information content (AvgIpc) is 3.70. The Hall–Kier alpha value is -2.57. The molecule has 2 aromatic carbocycles. The number of nitrogens with zero attached hydrogens (tertiary/aromatic N) is 2. The number of likely N-dealkylation sites (tertiary alicyclic amines) is 2. The van der Waals surface area contributed by atoms with Crippen LogP contribution in [0.25, 0.3) is 10.1 Å². The van der Waals surface area contributed by atoms with Gasteiger partial charge in [0, 0.05) is 60.2 Å². The van der Waals surface area contributed by atoms with E-state index in [9.17, 15) is 19.5 Å². The van der Waals surface area contributed by atoms with Crippen molar-refractivity contribution in [1.29, 1.82) is 0 Å². The van der Waals surface area contributed by atoms with Crippen LogP contribution >= 0.6 is 34.5 Å². The number of aliphatic carboxylic acids is 1. The lowest BCUT2D eigenvalue weighted by Gasteiger charge is -2.55. The molecule has 0 radical (unpaired) electrons. The Morgan fingerprint density at radius 1 is 1.00 bits per heavy atom. The number of halogens is 2. The van der Waals surface area contributed by atoms with Crippen LogP contribution in [0.5, 0.6) is 0 Å². The number of nitrogens with one attached hydrogen (secondary N) is 1. The number of Topliss-reactive ketones (excluding diaryl/α,β-unsaturated/α-hetero) is 1. The Labute approximate surface area is 276 Å². The molecule has 45 heavy (non-hydrogen) atoms. The van der Waals surface area contributed by atoms with Crippen LogP contribution in [-0.4, -0.2) is 83.9 Å². The number of hydrogen-bond acceptors (Lipinski definition) is 8. The van der Waals surface area contributed by atoms with Crippen molar-refractivity contribution < 1.29 is 29.0 Å². The van der Waals surface area contributed by atoms with Crippen LogP contribution in [0.1, 0.15) is 54.4 Å². The second kappa shape index (κ2) is 13.7. The van der Waals surface area contributed by atoms with Gasteiger partial charge in [0.05, 0.1) is 34.4 Å². The van der Waals surface area contributed by atoms with Crippen LogP contribution in [0.15, 0.2) is 41.8 Å². The van der Waals surface area contributed by atoms with E-state index in [2.05, 4.69) is 10.2 Å². The molecule has 1 unspecified atom stereocenters. The molecule has 1 saturated carbocycles. The summed E-state index contributed by atoms with van der Waals surface area (Å²) in [6.45, 7) is 2.50. The van der Waals surface area contributed by atoms with Gasteiger partial charge in [-0.2, -0.15) is 0 Å². The highest BCUT2D eigenvalue weighted by Crippen LogP contribution is 2.39. The summed E-state index contributed by atoms with van der Waals surface area (Å²) in [6, 6.07) is 10.9. The molecule has 1 aliphatic carbocycles. The molecule has 1 aromatic heterocycles. The quantitative estimate of drug-likeness (QED) is 0.244. The average molecular weight is 675 g/mol. The number of anilines is 1. The summed E-state index contributed by atoms with van der Waals surface area (Å²) in [6.07, 6.45) is 3.78. The van der Waals surface area contributed by atoms with E-state index in [1.165, 1.54) is 11.3 Å². The number of carbonyl (C=O) groups excluding carboxylic acids is 2. The molecule has 12 heteroatoms. The number of ether oxygens (including phenoxy) is 2. The zero-order chi connectivity index (χ0) is 31.7. The lowest BCUT2D eigenvalue weighted by Crippen LogP contribution is -2.74. The van der Waals surface area contributed by atoms with Gasteiger partial charge in [0.25, 0.3) is 5.91 Å². The fourth-order valence-electron chi connectivity index (χ4n) is 6.73. The monoisotopic (exact) mass is 673 g/mol. The van der Waals surface area contributed by atoms with Crippen molar-refractivity contribution in [3.05, 3.63) is 63.0 Å². The van der Waals surface area contributed by atoms with Crippen molar-refractivity contribution >= 4 is 68.0 Å². The second-order valence-electron chi connectivity index (χ2n) is 12.1. The number of hydrogen-bond donors (Lipinski definition) is 2. The number of ketones is 1. The predicted molar refractivity (Wildman–Crippen MR) is 175 cm³/mol. The van der Waals surface area contributed by atoms with Crippen molar-refractivity contribution in [3.63, 3.8) is 0 Å². The van der Waals surface area contributed by atoms with Crippen LogP contribution in [0.3, 0.4) is 0 Å². The number of carboxylic acid groups (broad SMARTS) is 1. The third kappa shape index (κ3) is 6.52. The fourth-order valence-corrected chi connectivity index (χ4v) is 8.14. The largest absolute Gasteiger partial charge is 0.481 e. The molecule has 0 spiro atoms. The van der Waals surface area contributed by atoms with E-state index >= 15 is 0 Å². The molecular formula is C33H37Cl2N3O6S. The van der Waals surface area contributed by atoms with E-state index in [0.29, 0.717) is 73.7 Å². The number of fused-ring (bicyclic) bond motifs is 1. The van der Waals surface area contributed by atoms with Gasteiger partial charge >= 0.3 is 5.97 Å². The summed E-state index contributed by atoms with van der Waals surface area (Å²) in [5.74, 6) is -2.94. The van der Waals surface area contributed by atoms with Crippen molar-refractivity contribution in [2.24, 2.45) is 5.92 Å². The molecule has 1 amide bonds. The normalized spacial score (nSPS) is 22.6. The summed E-state index contributed by atoms with van der Waals surface area (Å²) < 4.78 is 13.4. The van der Waals surface area contributed by atoms with Crippen molar-refractivity contribution in [2.45, 2.75) is 63.0 Å². The second-order valence-corrected chi connectivity index (χ2v) is 13.8. The molecule has 2 N–H and O–H groups in total. The van der Waals surface area contributed by atoms with Gasteiger partial charge in [0.15, 0.2) is 5.78 Å². The molecule has 3 aliphatic rings. The van der Waals surface area contributed by atoms with Crippen molar-refractivity contribution in [1.82, 2.24) is 9.80 Å². The van der Waals surface area contributed by atoms with Gasteiger partial charge in [-0.25, -0.2) is 0 Å². The Balaban J connectivity index is 1.25. The minimum absolute atomic E-state index is 0.00704. The summed E-state index contributed by atoms with van der Waals surface area (Å²) in [5.41, 5.74) is 1.45. The van der Waals surface area contributed by atoms with E-state index in [0.717, 1.165) is 22.9 Å². The minimum Gasteiger partial charge on any atom is -0.481 e. The highest BCUT2D eigenvalue weighted by Gasteiger charge is 2.56. The van der Waals surface area contributed by atoms with Crippen molar-refractivity contribution in [2.75, 3.05) is 38.6 Å². The molecule has 0 bridgehead atoms. The van der Waals surface area contributed by atoms with Gasteiger partial charge in [-0.3, -0.25) is 24.2 Å². The number of thiophene rings is 1. The molecule has 3 aromatic rings. The van der Waals surface area contributed by atoms with Gasteiger partial charge in [-0.15, -0.1) is 11.3 Å². The van der Waals surface area contributed by atoms with Crippen LogP contribution < -0.4 is 5.32 Å². The highest BCUT2D eigenvalue weighted by molar-refractivity contribution is 7.17. The van der Waals surface area contributed by atoms with Gasteiger partial charge in [0.2, 0.25) is 5.85 Å². The first kappa shape index (κ1) is 32.4. The topological polar surface area (TPSA) is 108 Å². The third-order valence-electron chi connectivity index (χ3n) is 9.32. The predicted octanol–water partition coefficient (Wildman–Crippen LogP) is 6.31. The number of amides is 1. The minimum atomic E-state index is -1.32. The molecule has 2 saturated heterocycles. The lowest BCUT2D eigenvalue weighted by molar-refractivity contribution is -0.282. The van der Waals surface area contributed by atoms with Gasteiger partial charge in [-0.1, -0.05) is 41.4 Å². The van der Waals surface area contributed by atoms with E-state index in [4.69, 9.17) is 32.7 Å². The fraction of sp³-hybridized carbons (Fsp3) is 0.485. The summed E-state index contributed by atoms with van der Waals surface area (Å²) in [4.78, 5) is 43.5. The third-order valence-corrected chi connectivity index (χ3v) is 11.0. The number of benzene rings is 2. The van der Waals surface area contributed by atoms with Crippen LogP contribution in [0.4, 0.5) is 5.69 Å². The standard InChI is InChI=1S/C33H37Cl2N3O6S/c1-43-23-17-38(18-23)33(37-12-4-5-13-37,44-22-10-8-20(9-11-22)32(41)42)30(39)15-21-14-27(35)28(16-26(21)34)36-31(40)25-19-45-29-7-3-2-6-24(25)29/h2-3,6-7,14,16,19-20,22-23H,4-5,8-13,15,17-18H2,1H3,(H,36,40)(H,41,42). The molecule has 1 atom stereocenters. The zero-order valence-electron chi connectivity index (χ0n) is 25.1. The molecule has 2 aliphatic heterocycles. The highest BCUT2D eigenvalue weighted by atomic mass is 35.5. The smallest absolute Gasteiger partial charge is 0.306 e. The van der Waals surface area contributed by atoms with E-state index < -0.39 is 11.8 Å². The maximum atomic E-state index is 14.6. The number of rotatable bonds is 11.